The van der Waals surface area contributed by atoms with Crippen molar-refractivity contribution in [2.24, 2.45) is 5.73 Å². The van der Waals surface area contributed by atoms with E-state index in [9.17, 15) is 9.59 Å². The number of hydrogen-bond acceptors (Lipinski definition) is 6. The molecule has 0 unspecified atom stereocenters. The highest BCUT2D eigenvalue weighted by Gasteiger charge is 2.21. The zero-order valence-electron chi connectivity index (χ0n) is 12.4. The molecule has 8 nitrogen and oxygen atoms in total. The van der Waals surface area contributed by atoms with Crippen LogP contribution >= 0.6 is 0 Å². The number of H-pyrrole nitrogens is 1. The first-order valence-electron chi connectivity index (χ1n) is 6.93. The summed E-state index contributed by atoms with van der Waals surface area (Å²) in [4.78, 5) is 34.1. The minimum absolute atomic E-state index is 0.102. The molecule has 0 spiro atoms. The van der Waals surface area contributed by atoms with Gasteiger partial charge in [-0.1, -0.05) is 30.3 Å². The van der Waals surface area contributed by atoms with Crippen molar-refractivity contribution in [1.82, 2.24) is 15.0 Å². The molecule has 2 aromatic heterocycles. The SMILES string of the molecule is NC(=O)OC(=O)c1cc(-c2ccnc(N)n2)[nH]c1-c1ccccc1. The van der Waals surface area contributed by atoms with Crippen molar-refractivity contribution in [2.75, 3.05) is 5.73 Å². The number of carbonyl (C=O) groups is 2. The van der Waals surface area contributed by atoms with Crippen molar-refractivity contribution >= 4 is 18.0 Å². The molecule has 8 heteroatoms. The van der Waals surface area contributed by atoms with Crippen molar-refractivity contribution in [3.8, 4) is 22.6 Å². The Morgan fingerprint density at radius 3 is 2.54 bits per heavy atom. The van der Waals surface area contributed by atoms with Crippen LogP contribution in [0.5, 0.6) is 0 Å². The number of esters is 1. The van der Waals surface area contributed by atoms with Gasteiger partial charge in [-0.3, -0.25) is 0 Å². The summed E-state index contributed by atoms with van der Waals surface area (Å²) in [5.74, 6) is -0.754. The lowest BCUT2D eigenvalue weighted by Crippen LogP contribution is -2.18. The monoisotopic (exact) mass is 323 g/mol. The van der Waals surface area contributed by atoms with Gasteiger partial charge in [0.15, 0.2) is 0 Å². The van der Waals surface area contributed by atoms with E-state index in [1.165, 1.54) is 12.3 Å². The number of benzene rings is 1. The predicted molar refractivity (Wildman–Crippen MR) is 86.7 cm³/mol. The smallest absolute Gasteiger partial charge is 0.373 e. The Hall–Kier alpha value is -3.68. The molecule has 0 saturated heterocycles. The van der Waals surface area contributed by atoms with E-state index in [2.05, 4.69) is 19.7 Å². The number of nitrogens with two attached hydrogens (primary N) is 2. The molecule has 0 aliphatic carbocycles. The van der Waals surface area contributed by atoms with E-state index in [0.29, 0.717) is 17.1 Å². The minimum Gasteiger partial charge on any atom is -0.373 e. The molecule has 0 atom stereocenters. The van der Waals surface area contributed by atoms with E-state index in [1.54, 1.807) is 6.07 Å². The van der Waals surface area contributed by atoms with Crippen molar-refractivity contribution < 1.29 is 14.3 Å². The number of ether oxygens (including phenoxy) is 1. The lowest BCUT2D eigenvalue weighted by atomic mass is 10.1. The lowest BCUT2D eigenvalue weighted by Gasteiger charge is -2.02. The van der Waals surface area contributed by atoms with E-state index in [4.69, 9.17) is 11.5 Å². The van der Waals surface area contributed by atoms with Gasteiger partial charge in [-0.25, -0.2) is 19.6 Å². The van der Waals surface area contributed by atoms with E-state index in [0.717, 1.165) is 5.56 Å². The number of nitrogen functional groups attached to an aromatic ring is 1. The summed E-state index contributed by atoms with van der Waals surface area (Å²) in [6.45, 7) is 0. The topological polar surface area (TPSA) is 137 Å². The first kappa shape index (κ1) is 15.2. The maximum atomic E-state index is 12.2. The van der Waals surface area contributed by atoms with Gasteiger partial charge in [0.1, 0.15) is 0 Å². The first-order valence-corrected chi connectivity index (χ1v) is 6.93. The van der Waals surface area contributed by atoms with Gasteiger partial charge in [-0.2, -0.15) is 0 Å². The van der Waals surface area contributed by atoms with Crippen LogP contribution in [-0.2, 0) is 4.74 Å². The number of primary amides is 1. The van der Waals surface area contributed by atoms with Crippen LogP contribution < -0.4 is 11.5 Å². The molecule has 0 aliphatic heterocycles. The van der Waals surface area contributed by atoms with Gasteiger partial charge in [0, 0.05) is 6.20 Å². The number of aromatic amines is 1. The van der Waals surface area contributed by atoms with Crippen molar-refractivity contribution in [2.45, 2.75) is 0 Å². The van der Waals surface area contributed by atoms with Crippen LogP contribution in [-0.4, -0.2) is 27.0 Å². The third-order valence-corrected chi connectivity index (χ3v) is 3.24. The van der Waals surface area contributed by atoms with E-state index >= 15 is 0 Å². The molecule has 0 saturated carbocycles. The fourth-order valence-electron chi connectivity index (χ4n) is 2.26. The van der Waals surface area contributed by atoms with Crippen LogP contribution in [0.25, 0.3) is 22.6 Å². The summed E-state index contributed by atoms with van der Waals surface area (Å²) >= 11 is 0. The third kappa shape index (κ3) is 3.07. The Morgan fingerprint density at radius 2 is 1.88 bits per heavy atom. The lowest BCUT2D eigenvalue weighted by molar-refractivity contribution is 0.0639. The average Bonchev–Trinajstić information content (AvgIpc) is 3.00. The summed E-state index contributed by atoms with van der Waals surface area (Å²) in [6, 6.07) is 12.3. The summed E-state index contributed by atoms with van der Waals surface area (Å²) in [7, 11) is 0. The molecule has 2 heterocycles. The van der Waals surface area contributed by atoms with E-state index < -0.39 is 12.1 Å². The van der Waals surface area contributed by atoms with Crippen LogP contribution in [0, 0.1) is 0 Å². The van der Waals surface area contributed by atoms with E-state index in [-0.39, 0.29) is 11.5 Å². The molecular weight excluding hydrogens is 310 g/mol. The fraction of sp³-hybridized carbons (Fsp3) is 0. The molecule has 24 heavy (non-hydrogen) atoms. The highest BCUT2D eigenvalue weighted by molar-refractivity contribution is 6.02. The molecule has 0 radical (unpaired) electrons. The maximum Gasteiger partial charge on any atom is 0.412 e. The van der Waals surface area contributed by atoms with Crippen molar-refractivity contribution in [1.29, 1.82) is 0 Å². The molecule has 0 bridgehead atoms. The molecule has 3 aromatic rings. The number of carbonyl (C=O) groups excluding carboxylic acids is 2. The summed E-state index contributed by atoms with van der Waals surface area (Å²) in [5.41, 5.74) is 12.9. The number of rotatable bonds is 3. The summed E-state index contributed by atoms with van der Waals surface area (Å²) in [6.07, 6.45) is 0.329. The Kier molecular flexibility index (Phi) is 3.94. The Morgan fingerprint density at radius 1 is 1.12 bits per heavy atom. The largest absolute Gasteiger partial charge is 0.412 e. The zero-order chi connectivity index (χ0) is 17.1. The minimum atomic E-state index is -1.17. The molecule has 3 rings (SSSR count). The van der Waals surface area contributed by atoms with Gasteiger partial charge >= 0.3 is 12.1 Å². The summed E-state index contributed by atoms with van der Waals surface area (Å²) in [5, 5.41) is 0. The Bertz CT molecular complexity index is 905. The zero-order valence-corrected chi connectivity index (χ0v) is 12.4. The molecule has 1 aromatic carbocycles. The third-order valence-electron chi connectivity index (χ3n) is 3.24. The number of nitrogens with zero attached hydrogens (tertiary/aromatic N) is 2. The normalized spacial score (nSPS) is 10.3. The van der Waals surface area contributed by atoms with Gasteiger partial charge in [0.05, 0.1) is 22.6 Å². The van der Waals surface area contributed by atoms with Crippen LogP contribution in [0.15, 0.2) is 48.7 Å². The highest BCUT2D eigenvalue weighted by atomic mass is 16.6. The van der Waals surface area contributed by atoms with Gasteiger partial charge < -0.3 is 21.2 Å². The number of nitrogens with one attached hydrogen (secondary N) is 1. The van der Waals surface area contributed by atoms with Gasteiger partial charge in [-0.05, 0) is 17.7 Å². The molecule has 0 aliphatic rings. The van der Waals surface area contributed by atoms with Crippen molar-refractivity contribution in [3.05, 3.63) is 54.2 Å². The second-order valence-corrected chi connectivity index (χ2v) is 4.85. The number of anilines is 1. The van der Waals surface area contributed by atoms with Crippen LogP contribution in [0.3, 0.4) is 0 Å². The Labute approximate surface area is 136 Å². The predicted octanol–water partition coefficient (Wildman–Crippen LogP) is 1.96. The van der Waals surface area contributed by atoms with Crippen molar-refractivity contribution in [3.63, 3.8) is 0 Å². The van der Waals surface area contributed by atoms with Gasteiger partial charge in [-0.15, -0.1) is 0 Å². The summed E-state index contributed by atoms with van der Waals surface area (Å²) < 4.78 is 4.49. The highest BCUT2D eigenvalue weighted by Crippen LogP contribution is 2.28. The quantitative estimate of drug-likeness (QED) is 0.497. The standard InChI is InChI=1S/C16H13N5O3/c17-15-19-7-6-11(21-15)12-8-10(14(22)24-16(18)23)13(20-12)9-4-2-1-3-5-9/h1-8,20H,(H2,18,23)(H2,17,19,21). The maximum absolute atomic E-state index is 12.2. The number of amides is 1. The van der Waals surface area contributed by atoms with E-state index in [1.807, 2.05) is 30.3 Å². The van der Waals surface area contributed by atoms with Crippen LogP contribution in [0.4, 0.5) is 10.7 Å². The van der Waals surface area contributed by atoms with Crippen LogP contribution in [0.2, 0.25) is 0 Å². The second-order valence-electron chi connectivity index (χ2n) is 4.85. The average molecular weight is 323 g/mol. The first-order chi connectivity index (χ1) is 11.5. The number of hydrogen-bond donors (Lipinski definition) is 3. The Balaban J connectivity index is 2.12. The van der Waals surface area contributed by atoms with Gasteiger partial charge in [0.25, 0.3) is 0 Å². The molecule has 1 amide bonds. The molecule has 120 valence electrons. The fourth-order valence-corrected chi connectivity index (χ4v) is 2.26. The van der Waals surface area contributed by atoms with Crippen LogP contribution in [0.1, 0.15) is 10.4 Å². The number of aromatic nitrogens is 3. The van der Waals surface area contributed by atoms with Gasteiger partial charge in [0.2, 0.25) is 5.95 Å². The molecule has 5 N–H and O–H groups in total. The molecule has 0 fully saturated rings. The molecular formula is C16H13N5O3. The second kappa shape index (κ2) is 6.21.